The first kappa shape index (κ1) is 14.3. The van der Waals surface area contributed by atoms with Gasteiger partial charge in [-0.15, -0.1) is 33.2 Å². The number of nitrogens with zero attached hydrogens (tertiary/aromatic N) is 1. The van der Waals surface area contributed by atoms with E-state index in [1.54, 1.807) is 18.9 Å². The van der Waals surface area contributed by atoms with Gasteiger partial charge in [-0.3, -0.25) is 4.79 Å². The van der Waals surface area contributed by atoms with E-state index >= 15 is 0 Å². The van der Waals surface area contributed by atoms with Crippen LogP contribution in [0.15, 0.2) is 12.2 Å². The average molecular weight is 275 g/mol. The van der Waals surface area contributed by atoms with Gasteiger partial charge < -0.3 is 4.90 Å². The van der Waals surface area contributed by atoms with Crippen molar-refractivity contribution in [3.63, 3.8) is 0 Å². The summed E-state index contributed by atoms with van der Waals surface area (Å²) >= 11 is 17.1. The number of rotatable bonds is 5. The maximum atomic E-state index is 11.3. The fraction of sp³-hybridized carbons (Fsp3) is 0.625. The number of hydrogen-bond acceptors (Lipinski definition) is 1. The third-order valence-corrected chi connectivity index (χ3v) is 4.29. The zero-order valence-corrected chi connectivity index (χ0v) is 11.6. The predicted molar refractivity (Wildman–Crippen MR) is 65.2 cm³/mol. The van der Waals surface area contributed by atoms with Crippen molar-refractivity contribution in [1.82, 2.24) is 4.90 Å². The molecule has 0 atom stereocenters. The Morgan fingerprint density at radius 3 is 2.29 bits per heavy atom. The van der Waals surface area contributed by atoms with Crippen LogP contribution in [0.5, 0.6) is 0 Å². The highest BCUT2D eigenvalue weighted by atomic mass is 35.8. The van der Waals surface area contributed by atoms with Crippen LogP contribution in [-0.4, -0.2) is 30.4 Å². The van der Waals surface area contributed by atoms with E-state index in [0.717, 1.165) is 6.42 Å². The van der Waals surface area contributed by atoms with Gasteiger partial charge in [-0.05, 0) is 19.4 Å². The van der Waals surface area contributed by atoms with Crippen LogP contribution in [0.4, 0.5) is 0 Å². The molecule has 0 aromatic rings. The highest BCUT2D eigenvalue weighted by Crippen LogP contribution is 2.26. The molecule has 0 heterocycles. The fourth-order valence-corrected chi connectivity index (χ4v) is 2.71. The van der Waals surface area contributed by atoms with E-state index in [-0.39, 0.29) is 5.91 Å². The molecular formula is C8H14Cl3NOSi. The molecular weight excluding hydrogens is 261 g/mol. The number of hydrogen-bond donors (Lipinski definition) is 0. The van der Waals surface area contributed by atoms with E-state index in [2.05, 4.69) is 6.58 Å². The molecule has 0 aliphatic carbocycles. The molecule has 2 nitrogen and oxygen atoms in total. The van der Waals surface area contributed by atoms with Crippen LogP contribution in [-0.2, 0) is 4.79 Å². The van der Waals surface area contributed by atoms with E-state index in [1.807, 2.05) is 0 Å². The van der Waals surface area contributed by atoms with Crippen molar-refractivity contribution >= 4 is 45.1 Å². The Morgan fingerprint density at radius 1 is 1.43 bits per heavy atom. The molecule has 0 bridgehead atoms. The summed E-state index contributed by atoms with van der Waals surface area (Å²) in [5.41, 5.74) is 0.527. The van der Waals surface area contributed by atoms with Crippen molar-refractivity contribution in [1.29, 1.82) is 0 Å². The van der Waals surface area contributed by atoms with Crippen molar-refractivity contribution in [3.05, 3.63) is 12.2 Å². The monoisotopic (exact) mass is 273 g/mol. The third kappa shape index (κ3) is 6.71. The Kier molecular flexibility index (Phi) is 6.13. The van der Waals surface area contributed by atoms with Crippen LogP contribution < -0.4 is 0 Å². The molecule has 0 spiro atoms. The predicted octanol–water partition coefficient (Wildman–Crippen LogP) is 3.07. The zero-order valence-electron chi connectivity index (χ0n) is 8.32. The molecule has 0 saturated carbocycles. The summed E-state index contributed by atoms with van der Waals surface area (Å²) in [6.07, 6.45) is 0.720. The first-order valence-corrected chi connectivity index (χ1v) is 9.46. The highest BCUT2D eigenvalue weighted by molar-refractivity contribution is 7.64. The molecule has 0 aromatic carbocycles. The summed E-state index contributed by atoms with van der Waals surface area (Å²) in [7, 11) is 1.72. The van der Waals surface area contributed by atoms with Gasteiger partial charge in [0, 0.05) is 19.2 Å². The lowest BCUT2D eigenvalue weighted by Gasteiger charge is -2.17. The van der Waals surface area contributed by atoms with Crippen LogP contribution in [0, 0.1) is 0 Å². The van der Waals surface area contributed by atoms with Crippen molar-refractivity contribution in [2.45, 2.75) is 19.4 Å². The van der Waals surface area contributed by atoms with Crippen LogP contribution >= 0.6 is 33.2 Å². The Balaban J connectivity index is 3.81. The van der Waals surface area contributed by atoms with Crippen LogP contribution in [0.25, 0.3) is 0 Å². The molecule has 6 heteroatoms. The second kappa shape index (κ2) is 6.01. The lowest BCUT2D eigenvalue weighted by Crippen LogP contribution is -2.28. The maximum absolute atomic E-state index is 11.3. The molecule has 0 rings (SSSR count). The lowest BCUT2D eigenvalue weighted by molar-refractivity contribution is -0.125. The standard InChI is InChI=1S/C8H14Cl3NOSi/c1-7(2)8(13)12(3)5-4-6-14(9,10)11/h1,4-6H2,2-3H3. The molecule has 0 saturated heterocycles. The number of carbonyl (C=O) groups excluding carboxylic acids is 1. The summed E-state index contributed by atoms with van der Waals surface area (Å²) in [6, 6.07) is -1.95. The first-order valence-electron chi connectivity index (χ1n) is 4.22. The Labute approximate surface area is 99.9 Å². The van der Waals surface area contributed by atoms with Gasteiger partial charge >= 0.3 is 6.00 Å². The van der Waals surface area contributed by atoms with Gasteiger partial charge in [-0.1, -0.05) is 6.58 Å². The number of likely N-dealkylation sites (N-methyl/N-ethyl adjacent to an activating group) is 1. The Morgan fingerprint density at radius 2 is 1.93 bits per heavy atom. The van der Waals surface area contributed by atoms with E-state index in [9.17, 15) is 4.79 Å². The van der Waals surface area contributed by atoms with Crippen molar-refractivity contribution in [3.8, 4) is 0 Å². The van der Waals surface area contributed by atoms with Gasteiger partial charge in [-0.2, -0.15) is 0 Å². The molecule has 0 aliphatic heterocycles. The van der Waals surface area contributed by atoms with E-state index in [0.29, 0.717) is 18.2 Å². The molecule has 0 aromatic heterocycles. The van der Waals surface area contributed by atoms with Crippen molar-refractivity contribution in [2.24, 2.45) is 0 Å². The van der Waals surface area contributed by atoms with Crippen LogP contribution in [0.2, 0.25) is 6.04 Å². The molecule has 0 N–H and O–H groups in total. The minimum absolute atomic E-state index is 0.0593. The van der Waals surface area contributed by atoms with Gasteiger partial charge in [0.15, 0.2) is 0 Å². The molecule has 0 fully saturated rings. The molecule has 0 radical (unpaired) electrons. The number of carbonyl (C=O) groups is 1. The molecule has 0 aliphatic rings. The van der Waals surface area contributed by atoms with E-state index in [1.165, 1.54) is 0 Å². The van der Waals surface area contributed by atoms with Gasteiger partial charge in [-0.25, -0.2) is 0 Å². The van der Waals surface area contributed by atoms with Crippen molar-refractivity contribution < 1.29 is 4.79 Å². The second-order valence-electron chi connectivity index (χ2n) is 3.23. The normalized spacial score (nSPS) is 11.2. The summed E-state index contributed by atoms with van der Waals surface area (Å²) in [5.74, 6) is -0.0593. The second-order valence-corrected chi connectivity index (χ2v) is 12.5. The van der Waals surface area contributed by atoms with Crippen LogP contribution in [0.1, 0.15) is 13.3 Å². The molecule has 82 valence electrons. The Hall–Kier alpha value is 0.297. The molecule has 0 unspecified atom stereocenters. The van der Waals surface area contributed by atoms with Gasteiger partial charge in [0.25, 0.3) is 0 Å². The summed E-state index contributed by atoms with van der Waals surface area (Å²) < 4.78 is 0. The summed E-state index contributed by atoms with van der Waals surface area (Å²) in [6.45, 7) is 5.86. The largest absolute Gasteiger partial charge is 0.342 e. The van der Waals surface area contributed by atoms with Crippen LogP contribution in [0.3, 0.4) is 0 Å². The van der Waals surface area contributed by atoms with Gasteiger partial charge in [0.2, 0.25) is 5.91 Å². The van der Waals surface area contributed by atoms with Gasteiger partial charge in [0.1, 0.15) is 0 Å². The SMILES string of the molecule is C=C(C)C(=O)N(C)CCC[Si](Cl)(Cl)Cl. The topological polar surface area (TPSA) is 20.3 Å². The smallest absolute Gasteiger partial charge is 0.341 e. The average Bonchev–Trinajstić information content (AvgIpc) is 2.00. The quantitative estimate of drug-likeness (QED) is 0.429. The minimum Gasteiger partial charge on any atom is -0.342 e. The zero-order chi connectivity index (χ0) is 11.4. The fourth-order valence-electron chi connectivity index (χ4n) is 0.944. The lowest BCUT2D eigenvalue weighted by atomic mass is 10.3. The first-order chi connectivity index (χ1) is 6.24. The number of halogens is 3. The minimum atomic E-state index is -2.53. The molecule has 1 amide bonds. The maximum Gasteiger partial charge on any atom is 0.341 e. The molecule has 14 heavy (non-hydrogen) atoms. The van der Waals surface area contributed by atoms with Crippen molar-refractivity contribution in [2.75, 3.05) is 13.6 Å². The summed E-state index contributed by atoms with van der Waals surface area (Å²) in [5, 5.41) is 0. The van der Waals surface area contributed by atoms with Gasteiger partial charge in [0.05, 0.1) is 0 Å². The third-order valence-electron chi connectivity index (χ3n) is 1.67. The highest BCUT2D eigenvalue weighted by Gasteiger charge is 2.24. The number of amides is 1. The Bertz CT molecular complexity index is 227. The van der Waals surface area contributed by atoms with E-state index in [4.69, 9.17) is 33.2 Å². The van der Waals surface area contributed by atoms with E-state index < -0.39 is 6.00 Å². The summed E-state index contributed by atoms with van der Waals surface area (Å²) in [4.78, 5) is 12.9.